The van der Waals surface area contributed by atoms with E-state index in [1.165, 1.54) is 19.3 Å². The molecular weight excluding hydrogens is 344 g/mol. The highest BCUT2D eigenvalue weighted by atomic mass is 16.5. The monoisotopic (exact) mass is 374 g/mol. The van der Waals surface area contributed by atoms with Crippen molar-refractivity contribution in [2.75, 3.05) is 41.0 Å². The first-order valence-corrected chi connectivity index (χ1v) is 9.54. The van der Waals surface area contributed by atoms with Gasteiger partial charge in [-0.2, -0.15) is 0 Å². The largest absolute Gasteiger partial charge is 0.496 e. The van der Waals surface area contributed by atoms with Crippen LogP contribution < -0.4 is 19.5 Å². The lowest BCUT2D eigenvalue weighted by molar-refractivity contribution is 0.142. The lowest BCUT2D eigenvalue weighted by Gasteiger charge is -2.33. The van der Waals surface area contributed by atoms with Crippen molar-refractivity contribution in [1.82, 2.24) is 10.2 Å². The molecule has 1 N–H and O–H groups in total. The van der Waals surface area contributed by atoms with E-state index >= 15 is 0 Å². The Hall–Kier alpha value is -2.18. The van der Waals surface area contributed by atoms with E-state index in [0.717, 1.165) is 42.5 Å². The van der Waals surface area contributed by atoms with Gasteiger partial charge < -0.3 is 23.9 Å². The first kappa shape index (κ1) is 19.6. The van der Waals surface area contributed by atoms with Crippen LogP contribution in [0.15, 0.2) is 34.9 Å². The summed E-state index contributed by atoms with van der Waals surface area (Å²) in [6.45, 7) is 3.66. The molecule has 1 saturated heterocycles. The average Bonchev–Trinajstić information content (AvgIpc) is 3.25. The summed E-state index contributed by atoms with van der Waals surface area (Å²) in [6.07, 6.45) is 5.56. The zero-order valence-electron chi connectivity index (χ0n) is 16.5. The third kappa shape index (κ3) is 4.76. The molecule has 1 atom stereocenters. The van der Waals surface area contributed by atoms with Gasteiger partial charge in [0.2, 0.25) is 0 Å². The smallest absolute Gasteiger partial charge is 0.130 e. The molecule has 0 spiro atoms. The van der Waals surface area contributed by atoms with Gasteiger partial charge in [0.15, 0.2) is 0 Å². The second-order valence-electron chi connectivity index (χ2n) is 6.77. The molecule has 1 aliphatic heterocycles. The van der Waals surface area contributed by atoms with E-state index in [-0.39, 0.29) is 6.04 Å². The number of methoxy groups -OCH3 is 3. The van der Waals surface area contributed by atoms with Crippen LogP contribution in [0.4, 0.5) is 0 Å². The van der Waals surface area contributed by atoms with Crippen molar-refractivity contribution in [3.63, 3.8) is 0 Å². The Balaban J connectivity index is 1.71. The molecule has 27 heavy (non-hydrogen) atoms. The fourth-order valence-electron chi connectivity index (χ4n) is 3.71. The molecule has 6 nitrogen and oxygen atoms in total. The normalized spacial score (nSPS) is 16.1. The molecule has 0 radical (unpaired) electrons. The van der Waals surface area contributed by atoms with Crippen LogP contribution in [0.1, 0.15) is 36.6 Å². The summed E-state index contributed by atoms with van der Waals surface area (Å²) < 4.78 is 22.1. The predicted molar refractivity (Wildman–Crippen MR) is 105 cm³/mol. The topological polar surface area (TPSA) is 56.1 Å². The van der Waals surface area contributed by atoms with Gasteiger partial charge in [0, 0.05) is 25.2 Å². The Morgan fingerprint density at radius 1 is 1.04 bits per heavy atom. The van der Waals surface area contributed by atoms with Gasteiger partial charge in [-0.15, -0.1) is 0 Å². The second-order valence-corrected chi connectivity index (χ2v) is 6.77. The van der Waals surface area contributed by atoms with Crippen LogP contribution in [-0.4, -0.2) is 45.9 Å². The number of hydrogen-bond acceptors (Lipinski definition) is 6. The molecule has 3 rings (SSSR count). The molecule has 148 valence electrons. The zero-order valence-corrected chi connectivity index (χ0v) is 16.5. The Bertz CT molecular complexity index is 671. The molecule has 0 saturated carbocycles. The Morgan fingerprint density at radius 2 is 1.74 bits per heavy atom. The highest BCUT2D eigenvalue weighted by Gasteiger charge is 2.24. The van der Waals surface area contributed by atoms with Crippen molar-refractivity contribution in [3.8, 4) is 17.2 Å². The Morgan fingerprint density at radius 3 is 2.30 bits per heavy atom. The van der Waals surface area contributed by atoms with Gasteiger partial charge >= 0.3 is 0 Å². The lowest BCUT2D eigenvalue weighted by Crippen LogP contribution is -2.38. The van der Waals surface area contributed by atoms with Crippen LogP contribution in [0.2, 0.25) is 0 Å². The van der Waals surface area contributed by atoms with Crippen molar-refractivity contribution < 1.29 is 18.6 Å². The van der Waals surface area contributed by atoms with Gasteiger partial charge in [0.05, 0.1) is 39.2 Å². The van der Waals surface area contributed by atoms with Crippen LogP contribution in [0.3, 0.4) is 0 Å². The van der Waals surface area contributed by atoms with Crippen molar-refractivity contribution in [2.45, 2.75) is 31.8 Å². The van der Waals surface area contributed by atoms with Crippen molar-refractivity contribution in [1.29, 1.82) is 0 Å². The third-order valence-corrected chi connectivity index (χ3v) is 5.16. The van der Waals surface area contributed by atoms with E-state index in [0.29, 0.717) is 12.3 Å². The molecule has 0 aliphatic carbocycles. The number of nitrogens with one attached hydrogen (secondary N) is 1. The van der Waals surface area contributed by atoms with Crippen molar-refractivity contribution >= 4 is 0 Å². The molecule has 0 bridgehead atoms. The number of rotatable bonds is 9. The number of furan rings is 1. The van der Waals surface area contributed by atoms with Crippen molar-refractivity contribution in [2.24, 2.45) is 0 Å². The molecule has 6 heteroatoms. The van der Waals surface area contributed by atoms with Crippen molar-refractivity contribution in [3.05, 3.63) is 41.9 Å². The van der Waals surface area contributed by atoms with Gasteiger partial charge in [0.1, 0.15) is 23.0 Å². The molecule has 1 fully saturated rings. The standard InChI is InChI=1S/C21H30N2O4/c1-24-16-12-20(25-2)17(21(13-16)26-3)14-22-15-18(19-8-7-11-27-19)23-9-5-4-6-10-23/h7-8,11-13,18,22H,4-6,9-10,14-15H2,1-3H3/t18-/m0/s1. The average molecular weight is 374 g/mol. The van der Waals surface area contributed by atoms with E-state index in [4.69, 9.17) is 18.6 Å². The lowest BCUT2D eigenvalue weighted by atomic mass is 10.1. The fourth-order valence-corrected chi connectivity index (χ4v) is 3.71. The maximum absolute atomic E-state index is 5.72. The van der Waals surface area contributed by atoms with E-state index in [2.05, 4.69) is 16.3 Å². The summed E-state index contributed by atoms with van der Waals surface area (Å²) in [5.74, 6) is 3.24. The van der Waals surface area contributed by atoms with Gasteiger partial charge in [-0.25, -0.2) is 0 Å². The van der Waals surface area contributed by atoms with Gasteiger partial charge in [-0.05, 0) is 38.1 Å². The number of ether oxygens (including phenoxy) is 3. The molecule has 1 aromatic heterocycles. The minimum absolute atomic E-state index is 0.232. The third-order valence-electron chi connectivity index (χ3n) is 5.16. The Labute approximate surface area is 161 Å². The van der Waals surface area contributed by atoms with Crippen LogP contribution in [-0.2, 0) is 6.54 Å². The summed E-state index contributed by atoms with van der Waals surface area (Å²) in [4.78, 5) is 2.51. The fraction of sp³-hybridized carbons (Fsp3) is 0.524. The number of nitrogens with zero attached hydrogens (tertiary/aromatic N) is 1. The first-order valence-electron chi connectivity index (χ1n) is 9.54. The number of benzene rings is 1. The van der Waals surface area contributed by atoms with E-state index in [1.54, 1.807) is 27.6 Å². The second kappa shape index (κ2) is 9.67. The molecule has 0 amide bonds. The maximum atomic E-state index is 5.72. The van der Waals surface area contributed by atoms with Crippen LogP contribution >= 0.6 is 0 Å². The van der Waals surface area contributed by atoms with Crippen LogP contribution in [0.25, 0.3) is 0 Å². The molecule has 2 aromatic rings. The molecule has 1 aromatic carbocycles. The van der Waals surface area contributed by atoms with Gasteiger partial charge in [-0.1, -0.05) is 6.42 Å². The summed E-state index contributed by atoms with van der Waals surface area (Å²) in [6, 6.07) is 8.02. The minimum Gasteiger partial charge on any atom is -0.496 e. The summed E-state index contributed by atoms with van der Waals surface area (Å²) in [7, 11) is 4.97. The Kier molecular flexibility index (Phi) is 7.01. The van der Waals surface area contributed by atoms with Crippen LogP contribution in [0.5, 0.6) is 17.2 Å². The molecule has 1 aliphatic rings. The van der Waals surface area contributed by atoms with E-state index < -0.39 is 0 Å². The minimum atomic E-state index is 0.232. The molecule has 0 unspecified atom stereocenters. The summed E-state index contributed by atoms with van der Waals surface area (Å²) in [5.41, 5.74) is 0.984. The van der Waals surface area contributed by atoms with Gasteiger partial charge in [0.25, 0.3) is 0 Å². The first-order chi connectivity index (χ1) is 13.3. The van der Waals surface area contributed by atoms with E-state index in [1.807, 2.05) is 18.2 Å². The SMILES string of the molecule is COc1cc(OC)c(CNC[C@@H](c2ccco2)N2CCCCC2)c(OC)c1. The molecule has 2 heterocycles. The summed E-state index contributed by atoms with van der Waals surface area (Å²) >= 11 is 0. The van der Waals surface area contributed by atoms with Gasteiger partial charge in [-0.3, -0.25) is 4.90 Å². The van der Waals surface area contributed by atoms with E-state index in [9.17, 15) is 0 Å². The zero-order chi connectivity index (χ0) is 19.1. The predicted octanol–water partition coefficient (Wildman–Crippen LogP) is 3.62. The number of piperidine rings is 1. The number of likely N-dealkylation sites (tertiary alicyclic amines) is 1. The quantitative estimate of drug-likeness (QED) is 0.723. The molecular formula is C21H30N2O4. The highest BCUT2D eigenvalue weighted by molar-refractivity contribution is 5.50. The van der Waals surface area contributed by atoms with Crippen LogP contribution in [0, 0.1) is 0 Å². The number of hydrogen-bond donors (Lipinski definition) is 1. The maximum Gasteiger partial charge on any atom is 0.130 e. The summed E-state index contributed by atoms with van der Waals surface area (Å²) in [5, 5.41) is 3.57. The highest BCUT2D eigenvalue weighted by Crippen LogP contribution is 2.34.